The van der Waals surface area contributed by atoms with Gasteiger partial charge in [-0.3, -0.25) is 0 Å². The minimum Gasteiger partial charge on any atom is -0.365 e. The predicted molar refractivity (Wildman–Crippen MR) is 77.8 cm³/mol. The Morgan fingerprint density at radius 1 is 1.25 bits per heavy atom. The highest BCUT2D eigenvalue weighted by Gasteiger charge is 2.26. The average Bonchev–Trinajstić information content (AvgIpc) is 2.63. The monoisotopic (exact) mass is 283 g/mol. The number of hydrogen-bond acceptors (Lipinski definition) is 3. The number of likely N-dealkylation sites (N-methyl/N-ethyl adjacent to an activating group) is 1. The van der Waals surface area contributed by atoms with Gasteiger partial charge < -0.3 is 15.5 Å². The Morgan fingerprint density at radius 2 is 2.00 bits per heavy atom. The molecule has 112 valence electrons. The van der Waals surface area contributed by atoms with Gasteiger partial charge in [0.05, 0.1) is 5.69 Å². The van der Waals surface area contributed by atoms with Gasteiger partial charge in [0.15, 0.2) is 11.6 Å². The summed E-state index contributed by atoms with van der Waals surface area (Å²) in [5.41, 5.74) is 6.01. The zero-order chi connectivity index (χ0) is 14.7. The van der Waals surface area contributed by atoms with Crippen LogP contribution in [0.1, 0.15) is 25.3 Å². The molecule has 0 bridgehead atoms. The van der Waals surface area contributed by atoms with Gasteiger partial charge in [0, 0.05) is 31.2 Å². The van der Waals surface area contributed by atoms with Crippen LogP contribution in [0.2, 0.25) is 0 Å². The Bertz CT molecular complexity index is 465. The number of benzene rings is 1. The third kappa shape index (κ3) is 2.94. The van der Waals surface area contributed by atoms with Gasteiger partial charge in [0.2, 0.25) is 0 Å². The number of rotatable bonds is 3. The zero-order valence-corrected chi connectivity index (χ0v) is 12.2. The summed E-state index contributed by atoms with van der Waals surface area (Å²) in [6, 6.07) is 3.46. The highest BCUT2D eigenvalue weighted by molar-refractivity contribution is 5.51. The van der Waals surface area contributed by atoms with Crippen LogP contribution in [0.5, 0.6) is 0 Å². The van der Waals surface area contributed by atoms with Gasteiger partial charge in [0.25, 0.3) is 0 Å². The second kappa shape index (κ2) is 6.50. The van der Waals surface area contributed by atoms with E-state index in [1.54, 1.807) is 12.1 Å². The fourth-order valence-electron chi connectivity index (χ4n) is 2.87. The standard InChI is InChI=1S/C15H23F2N3/c1-3-12-10-19(2)7-4-8-20(12)13-6-5-11(9-18)14(16)15(13)17/h5-6,12H,3-4,7-10,18H2,1-2H3. The van der Waals surface area contributed by atoms with E-state index in [-0.39, 0.29) is 18.2 Å². The molecule has 5 heteroatoms. The molecule has 2 N–H and O–H groups in total. The lowest BCUT2D eigenvalue weighted by molar-refractivity contribution is 0.327. The lowest BCUT2D eigenvalue weighted by Crippen LogP contribution is -2.40. The molecular formula is C15H23F2N3. The number of nitrogens with two attached hydrogens (primary N) is 1. The van der Waals surface area contributed by atoms with E-state index in [0.717, 1.165) is 32.5 Å². The van der Waals surface area contributed by atoms with Gasteiger partial charge in [-0.2, -0.15) is 0 Å². The first-order valence-electron chi connectivity index (χ1n) is 7.20. The Labute approximate surface area is 119 Å². The van der Waals surface area contributed by atoms with Gasteiger partial charge in [0.1, 0.15) is 0 Å². The summed E-state index contributed by atoms with van der Waals surface area (Å²) in [5, 5.41) is 0. The summed E-state index contributed by atoms with van der Waals surface area (Å²) >= 11 is 0. The Balaban J connectivity index is 2.35. The van der Waals surface area contributed by atoms with E-state index >= 15 is 0 Å². The van der Waals surface area contributed by atoms with E-state index in [1.807, 2.05) is 4.90 Å². The summed E-state index contributed by atoms with van der Waals surface area (Å²) < 4.78 is 28.2. The molecular weight excluding hydrogens is 260 g/mol. The van der Waals surface area contributed by atoms with Crippen molar-refractivity contribution in [3.05, 3.63) is 29.3 Å². The van der Waals surface area contributed by atoms with Crippen molar-refractivity contribution in [2.45, 2.75) is 32.4 Å². The molecule has 0 spiro atoms. The minimum absolute atomic E-state index is 0.0168. The molecule has 0 saturated carbocycles. The van der Waals surface area contributed by atoms with Gasteiger partial charge in [-0.05, 0) is 32.5 Å². The molecule has 2 rings (SSSR count). The lowest BCUT2D eigenvalue weighted by atomic mass is 10.1. The van der Waals surface area contributed by atoms with Crippen molar-refractivity contribution in [2.75, 3.05) is 31.6 Å². The summed E-state index contributed by atoms with van der Waals surface area (Å²) in [6.07, 6.45) is 1.86. The second-order valence-corrected chi connectivity index (χ2v) is 5.45. The largest absolute Gasteiger partial charge is 0.365 e. The Morgan fingerprint density at radius 3 is 2.65 bits per heavy atom. The Hall–Kier alpha value is -1.20. The van der Waals surface area contributed by atoms with Gasteiger partial charge in [-0.25, -0.2) is 8.78 Å². The molecule has 0 amide bonds. The van der Waals surface area contributed by atoms with Crippen molar-refractivity contribution in [2.24, 2.45) is 5.73 Å². The average molecular weight is 283 g/mol. The molecule has 1 saturated heterocycles. The highest BCUT2D eigenvalue weighted by atomic mass is 19.2. The first-order chi connectivity index (χ1) is 9.58. The fourth-order valence-corrected chi connectivity index (χ4v) is 2.87. The number of anilines is 1. The molecule has 20 heavy (non-hydrogen) atoms. The molecule has 3 nitrogen and oxygen atoms in total. The lowest BCUT2D eigenvalue weighted by Gasteiger charge is -2.32. The predicted octanol–water partition coefficient (Wildman–Crippen LogP) is 2.34. The zero-order valence-electron chi connectivity index (χ0n) is 12.2. The molecule has 0 aromatic heterocycles. The van der Waals surface area contributed by atoms with Crippen molar-refractivity contribution in [1.29, 1.82) is 0 Å². The number of hydrogen-bond donors (Lipinski definition) is 1. The van der Waals surface area contributed by atoms with Crippen molar-refractivity contribution < 1.29 is 8.78 Å². The molecule has 1 aromatic carbocycles. The van der Waals surface area contributed by atoms with E-state index in [4.69, 9.17) is 5.73 Å². The van der Waals surface area contributed by atoms with Gasteiger partial charge in [-0.15, -0.1) is 0 Å². The molecule has 1 aliphatic rings. The maximum absolute atomic E-state index is 14.3. The van der Waals surface area contributed by atoms with E-state index in [9.17, 15) is 8.78 Å². The normalized spacial score (nSPS) is 21.1. The molecule has 0 aliphatic carbocycles. The van der Waals surface area contributed by atoms with Crippen LogP contribution in [0, 0.1) is 11.6 Å². The Kier molecular flexibility index (Phi) is 4.94. The van der Waals surface area contributed by atoms with Crippen LogP contribution in [0.25, 0.3) is 0 Å². The maximum Gasteiger partial charge on any atom is 0.182 e. The number of halogens is 2. The molecule has 0 radical (unpaired) electrons. The van der Waals surface area contributed by atoms with Gasteiger partial charge >= 0.3 is 0 Å². The SMILES string of the molecule is CCC1CN(C)CCCN1c1ccc(CN)c(F)c1F. The van der Waals surface area contributed by atoms with Crippen LogP contribution >= 0.6 is 0 Å². The molecule has 1 unspecified atom stereocenters. The van der Waals surface area contributed by atoms with Crippen molar-refractivity contribution >= 4 is 5.69 Å². The quantitative estimate of drug-likeness (QED) is 0.924. The van der Waals surface area contributed by atoms with Crippen molar-refractivity contribution in [3.63, 3.8) is 0 Å². The molecule has 1 heterocycles. The van der Waals surface area contributed by atoms with Crippen LogP contribution in [-0.2, 0) is 6.54 Å². The smallest absolute Gasteiger partial charge is 0.182 e. The van der Waals surface area contributed by atoms with Crippen LogP contribution in [0.4, 0.5) is 14.5 Å². The fraction of sp³-hybridized carbons (Fsp3) is 0.600. The van der Waals surface area contributed by atoms with E-state index in [2.05, 4.69) is 18.9 Å². The molecule has 1 aromatic rings. The van der Waals surface area contributed by atoms with E-state index in [0.29, 0.717) is 5.69 Å². The van der Waals surface area contributed by atoms with Crippen LogP contribution in [-0.4, -0.2) is 37.6 Å². The summed E-state index contributed by atoms with van der Waals surface area (Å²) in [6.45, 7) is 4.71. The minimum atomic E-state index is -0.808. The second-order valence-electron chi connectivity index (χ2n) is 5.45. The van der Waals surface area contributed by atoms with Crippen LogP contribution < -0.4 is 10.6 Å². The first kappa shape index (κ1) is 15.2. The van der Waals surface area contributed by atoms with Gasteiger partial charge in [-0.1, -0.05) is 13.0 Å². The summed E-state index contributed by atoms with van der Waals surface area (Å²) in [7, 11) is 2.07. The topological polar surface area (TPSA) is 32.5 Å². The highest BCUT2D eigenvalue weighted by Crippen LogP contribution is 2.28. The third-order valence-electron chi connectivity index (χ3n) is 4.04. The first-order valence-corrected chi connectivity index (χ1v) is 7.20. The van der Waals surface area contributed by atoms with E-state index in [1.165, 1.54) is 0 Å². The molecule has 1 fully saturated rings. The molecule has 1 atom stereocenters. The summed E-state index contributed by atoms with van der Waals surface area (Å²) in [4.78, 5) is 4.25. The molecule has 1 aliphatic heterocycles. The van der Waals surface area contributed by atoms with E-state index < -0.39 is 11.6 Å². The third-order valence-corrected chi connectivity index (χ3v) is 4.04. The number of nitrogens with zero attached hydrogens (tertiary/aromatic N) is 2. The van der Waals surface area contributed by atoms with Crippen LogP contribution in [0.15, 0.2) is 12.1 Å². The van der Waals surface area contributed by atoms with Crippen molar-refractivity contribution in [3.8, 4) is 0 Å². The summed E-state index contributed by atoms with van der Waals surface area (Å²) in [5.74, 6) is -1.58. The van der Waals surface area contributed by atoms with Crippen LogP contribution in [0.3, 0.4) is 0 Å². The maximum atomic E-state index is 14.3. The van der Waals surface area contributed by atoms with Crippen molar-refractivity contribution in [1.82, 2.24) is 4.90 Å².